The molecule has 5 heteroatoms. The molecule has 1 N–H and O–H groups in total. The van der Waals surface area contributed by atoms with Gasteiger partial charge in [0.2, 0.25) is 5.91 Å². The van der Waals surface area contributed by atoms with Gasteiger partial charge < -0.3 is 14.8 Å². The summed E-state index contributed by atoms with van der Waals surface area (Å²) < 4.78 is 10.3. The molecular formula is C17H16N2O3. The van der Waals surface area contributed by atoms with Crippen molar-refractivity contribution >= 4 is 11.6 Å². The van der Waals surface area contributed by atoms with E-state index < -0.39 is 0 Å². The van der Waals surface area contributed by atoms with E-state index in [2.05, 4.69) is 5.32 Å². The molecule has 0 unspecified atom stereocenters. The average molecular weight is 296 g/mol. The second-order valence-corrected chi connectivity index (χ2v) is 4.55. The molecule has 0 heterocycles. The fourth-order valence-corrected chi connectivity index (χ4v) is 1.92. The monoisotopic (exact) mass is 296 g/mol. The minimum absolute atomic E-state index is 0.00153. The number of nitrogens with one attached hydrogen (secondary N) is 1. The SMILES string of the molecule is COc1cccc(CC(=O)Nc2ccc(OCC#N)cc2)c1. The fraction of sp³-hybridized carbons (Fsp3) is 0.176. The van der Waals surface area contributed by atoms with Crippen LogP contribution < -0.4 is 14.8 Å². The van der Waals surface area contributed by atoms with Crippen LogP contribution in [0.2, 0.25) is 0 Å². The topological polar surface area (TPSA) is 71.3 Å². The first-order valence-corrected chi connectivity index (χ1v) is 6.74. The van der Waals surface area contributed by atoms with Gasteiger partial charge in [0.15, 0.2) is 6.61 Å². The second-order valence-electron chi connectivity index (χ2n) is 4.55. The molecule has 0 radical (unpaired) electrons. The molecule has 22 heavy (non-hydrogen) atoms. The van der Waals surface area contributed by atoms with Gasteiger partial charge in [-0.1, -0.05) is 12.1 Å². The number of carbonyl (C=O) groups excluding carboxylic acids is 1. The summed E-state index contributed by atoms with van der Waals surface area (Å²) in [5.74, 6) is 1.20. The highest BCUT2D eigenvalue weighted by Crippen LogP contribution is 2.17. The molecule has 0 atom stereocenters. The Morgan fingerprint density at radius 2 is 1.95 bits per heavy atom. The molecule has 2 aromatic carbocycles. The van der Waals surface area contributed by atoms with Gasteiger partial charge in [0.1, 0.15) is 17.6 Å². The van der Waals surface area contributed by atoms with Crippen LogP contribution in [0.1, 0.15) is 5.56 Å². The zero-order valence-corrected chi connectivity index (χ0v) is 12.2. The maximum atomic E-state index is 12.0. The summed E-state index contributed by atoms with van der Waals surface area (Å²) in [6.07, 6.45) is 0.268. The Morgan fingerprint density at radius 3 is 2.64 bits per heavy atom. The van der Waals surface area contributed by atoms with Gasteiger partial charge in [-0.15, -0.1) is 0 Å². The van der Waals surface area contributed by atoms with Gasteiger partial charge in [0.25, 0.3) is 0 Å². The average Bonchev–Trinajstić information content (AvgIpc) is 2.54. The minimum atomic E-state index is -0.112. The quantitative estimate of drug-likeness (QED) is 0.889. The molecule has 0 aliphatic rings. The van der Waals surface area contributed by atoms with E-state index in [1.165, 1.54) is 0 Å². The third kappa shape index (κ3) is 4.53. The molecule has 112 valence electrons. The molecule has 0 aromatic heterocycles. The van der Waals surface area contributed by atoms with E-state index in [4.69, 9.17) is 14.7 Å². The van der Waals surface area contributed by atoms with E-state index in [1.54, 1.807) is 31.4 Å². The summed E-state index contributed by atoms with van der Waals surface area (Å²) in [7, 11) is 1.59. The van der Waals surface area contributed by atoms with E-state index in [-0.39, 0.29) is 18.9 Å². The number of anilines is 1. The number of hydrogen-bond donors (Lipinski definition) is 1. The Labute approximate surface area is 129 Å². The normalized spacial score (nSPS) is 9.64. The van der Waals surface area contributed by atoms with Crippen molar-refractivity contribution < 1.29 is 14.3 Å². The Kier molecular flexibility index (Phi) is 5.38. The number of ether oxygens (including phenoxy) is 2. The van der Waals surface area contributed by atoms with Crippen molar-refractivity contribution in [3.63, 3.8) is 0 Å². The smallest absolute Gasteiger partial charge is 0.228 e. The summed E-state index contributed by atoms with van der Waals surface area (Å²) in [4.78, 5) is 12.0. The van der Waals surface area contributed by atoms with Gasteiger partial charge in [-0.2, -0.15) is 5.26 Å². The summed E-state index contributed by atoms with van der Waals surface area (Å²) >= 11 is 0. The van der Waals surface area contributed by atoms with Crippen LogP contribution in [-0.4, -0.2) is 19.6 Å². The van der Waals surface area contributed by atoms with Crippen molar-refractivity contribution in [1.29, 1.82) is 5.26 Å². The Hall–Kier alpha value is -3.00. The highest BCUT2D eigenvalue weighted by Gasteiger charge is 2.05. The number of benzene rings is 2. The zero-order valence-electron chi connectivity index (χ0n) is 12.2. The summed E-state index contributed by atoms with van der Waals surface area (Å²) in [6.45, 7) is 0.00153. The predicted octanol–water partition coefficient (Wildman–Crippen LogP) is 2.78. The van der Waals surface area contributed by atoms with E-state index in [1.807, 2.05) is 30.3 Å². The molecular weight excluding hydrogens is 280 g/mol. The summed E-state index contributed by atoms with van der Waals surface area (Å²) in [6, 6.07) is 16.2. The predicted molar refractivity (Wildman–Crippen MR) is 82.9 cm³/mol. The maximum absolute atomic E-state index is 12.0. The first-order chi connectivity index (χ1) is 10.7. The third-order valence-corrected chi connectivity index (χ3v) is 2.94. The second kappa shape index (κ2) is 7.70. The lowest BCUT2D eigenvalue weighted by molar-refractivity contribution is -0.115. The van der Waals surface area contributed by atoms with Crippen molar-refractivity contribution in [2.24, 2.45) is 0 Å². The van der Waals surface area contributed by atoms with Crippen molar-refractivity contribution in [3.8, 4) is 17.6 Å². The molecule has 5 nitrogen and oxygen atoms in total. The van der Waals surface area contributed by atoms with Crippen LogP contribution in [0.5, 0.6) is 11.5 Å². The van der Waals surface area contributed by atoms with Gasteiger partial charge in [-0.05, 0) is 42.0 Å². The molecule has 0 saturated carbocycles. The number of carbonyl (C=O) groups is 1. The molecule has 0 saturated heterocycles. The third-order valence-electron chi connectivity index (χ3n) is 2.94. The lowest BCUT2D eigenvalue weighted by Crippen LogP contribution is -2.14. The van der Waals surface area contributed by atoms with Crippen molar-refractivity contribution in [1.82, 2.24) is 0 Å². The number of nitrogens with zero attached hydrogens (tertiary/aromatic N) is 1. The lowest BCUT2D eigenvalue weighted by Gasteiger charge is -2.07. The van der Waals surface area contributed by atoms with Crippen LogP contribution in [0, 0.1) is 11.3 Å². The Morgan fingerprint density at radius 1 is 1.18 bits per heavy atom. The van der Waals surface area contributed by atoms with Crippen LogP contribution in [0.25, 0.3) is 0 Å². The number of nitriles is 1. The standard InChI is InChI=1S/C17H16N2O3/c1-21-16-4-2-3-13(11-16)12-17(20)19-14-5-7-15(8-6-14)22-10-9-18/h2-8,11H,10,12H2,1H3,(H,19,20). The van der Waals surface area contributed by atoms with E-state index in [0.717, 1.165) is 11.3 Å². The Balaban J connectivity index is 1.92. The van der Waals surface area contributed by atoms with Gasteiger partial charge in [0, 0.05) is 5.69 Å². The first kappa shape index (κ1) is 15.4. The molecule has 2 rings (SSSR count). The van der Waals surface area contributed by atoms with Crippen LogP contribution >= 0.6 is 0 Å². The van der Waals surface area contributed by atoms with Crippen LogP contribution in [0.15, 0.2) is 48.5 Å². The number of methoxy groups -OCH3 is 1. The van der Waals surface area contributed by atoms with Gasteiger partial charge in [-0.25, -0.2) is 0 Å². The van der Waals surface area contributed by atoms with Crippen LogP contribution in [-0.2, 0) is 11.2 Å². The van der Waals surface area contributed by atoms with Crippen LogP contribution in [0.3, 0.4) is 0 Å². The first-order valence-electron chi connectivity index (χ1n) is 6.74. The van der Waals surface area contributed by atoms with Gasteiger partial charge >= 0.3 is 0 Å². The number of rotatable bonds is 6. The van der Waals surface area contributed by atoms with Crippen molar-refractivity contribution in [2.75, 3.05) is 19.0 Å². The molecule has 0 aliphatic carbocycles. The molecule has 0 fully saturated rings. The van der Waals surface area contributed by atoms with Crippen molar-refractivity contribution in [2.45, 2.75) is 6.42 Å². The van der Waals surface area contributed by atoms with E-state index in [9.17, 15) is 4.79 Å². The zero-order chi connectivity index (χ0) is 15.8. The van der Waals surface area contributed by atoms with Gasteiger partial charge in [0.05, 0.1) is 13.5 Å². The number of amides is 1. The van der Waals surface area contributed by atoms with E-state index in [0.29, 0.717) is 11.4 Å². The largest absolute Gasteiger partial charge is 0.497 e. The Bertz CT molecular complexity index is 675. The molecule has 2 aromatic rings. The van der Waals surface area contributed by atoms with Crippen LogP contribution in [0.4, 0.5) is 5.69 Å². The highest BCUT2D eigenvalue weighted by molar-refractivity contribution is 5.92. The van der Waals surface area contributed by atoms with Crippen molar-refractivity contribution in [3.05, 3.63) is 54.1 Å². The molecule has 0 bridgehead atoms. The molecule has 0 aliphatic heterocycles. The lowest BCUT2D eigenvalue weighted by atomic mass is 10.1. The number of hydrogen-bond acceptors (Lipinski definition) is 4. The highest BCUT2D eigenvalue weighted by atomic mass is 16.5. The summed E-state index contributed by atoms with van der Waals surface area (Å²) in [5, 5.41) is 11.2. The molecule has 0 spiro atoms. The minimum Gasteiger partial charge on any atom is -0.497 e. The fourth-order valence-electron chi connectivity index (χ4n) is 1.92. The van der Waals surface area contributed by atoms with Gasteiger partial charge in [-0.3, -0.25) is 4.79 Å². The van der Waals surface area contributed by atoms with E-state index >= 15 is 0 Å². The maximum Gasteiger partial charge on any atom is 0.228 e. The molecule has 1 amide bonds. The summed E-state index contributed by atoms with van der Waals surface area (Å²) in [5.41, 5.74) is 1.56.